The van der Waals surface area contributed by atoms with Crippen LogP contribution in [-0.4, -0.2) is 33.9 Å². The van der Waals surface area contributed by atoms with Gasteiger partial charge in [-0.1, -0.05) is 0 Å². The van der Waals surface area contributed by atoms with Crippen molar-refractivity contribution >= 4 is 0 Å². The van der Waals surface area contributed by atoms with Crippen molar-refractivity contribution in [2.45, 2.75) is 24.9 Å². The standard InChI is InChI=1S/C5H12N2O4/c6-3-5(10,7-11)2-1-4(8)9/h4,8-10H,1-3,6H2. The molecule has 11 heavy (non-hydrogen) atoms. The third-order valence-electron chi connectivity index (χ3n) is 1.30. The lowest BCUT2D eigenvalue weighted by molar-refractivity contribution is -0.0642. The van der Waals surface area contributed by atoms with Crippen molar-refractivity contribution in [3.05, 3.63) is 4.91 Å². The number of hydrogen-bond donors (Lipinski definition) is 4. The average molecular weight is 164 g/mol. The molecule has 0 aromatic rings. The molecule has 0 aliphatic carbocycles. The Balaban J connectivity index is 3.78. The fraction of sp³-hybridized carbons (Fsp3) is 1.00. The second kappa shape index (κ2) is 4.35. The van der Waals surface area contributed by atoms with Gasteiger partial charge in [0.15, 0.2) is 6.29 Å². The highest BCUT2D eigenvalue weighted by atomic mass is 16.5. The zero-order valence-electron chi connectivity index (χ0n) is 5.97. The van der Waals surface area contributed by atoms with E-state index in [4.69, 9.17) is 21.1 Å². The van der Waals surface area contributed by atoms with Crippen LogP contribution >= 0.6 is 0 Å². The van der Waals surface area contributed by atoms with Gasteiger partial charge in [-0.25, -0.2) is 0 Å². The molecule has 66 valence electrons. The Bertz CT molecular complexity index is 130. The molecule has 5 N–H and O–H groups in total. The minimum Gasteiger partial charge on any atom is -0.368 e. The van der Waals surface area contributed by atoms with Gasteiger partial charge in [0.1, 0.15) is 0 Å². The lowest BCUT2D eigenvalue weighted by Crippen LogP contribution is -2.36. The monoisotopic (exact) mass is 164 g/mol. The Labute approximate surface area is 63.6 Å². The van der Waals surface area contributed by atoms with E-state index in [9.17, 15) is 4.91 Å². The number of rotatable bonds is 5. The van der Waals surface area contributed by atoms with E-state index in [-0.39, 0.29) is 19.4 Å². The molecule has 0 bridgehead atoms. The molecular weight excluding hydrogens is 152 g/mol. The molecule has 0 amide bonds. The predicted molar refractivity (Wildman–Crippen MR) is 37.3 cm³/mol. The fourth-order valence-corrected chi connectivity index (χ4v) is 0.545. The van der Waals surface area contributed by atoms with E-state index in [0.717, 1.165) is 0 Å². The fourth-order valence-electron chi connectivity index (χ4n) is 0.545. The molecule has 0 radical (unpaired) electrons. The third kappa shape index (κ3) is 3.99. The van der Waals surface area contributed by atoms with Gasteiger partial charge in [0.25, 0.3) is 0 Å². The van der Waals surface area contributed by atoms with E-state index in [0.29, 0.717) is 0 Å². The normalized spacial score (nSPS) is 16.5. The summed E-state index contributed by atoms with van der Waals surface area (Å²) in [5, 5.41) is 28.2. The molecule has 0 fully saturated rings. The van der Waals surface area contributed by atoms with Gasteiger partial charge >= 0.3 is 0 Å². The number of nitroso groups, excluding NO2 is 1. The first-order valence-electron chi connectivity index (χ1n) is 3.17. The Morgan fingerprint density at radius 1 is 1.55 bits per heavy atom. The summed E-state index contributed by atoms with van der Waals surface area (Å²) in [4.78, 5) is 9.93. The van der Waals surface area contributed by atoms with Crippen molar-refractivity contribution in [1.82, 2.24) is 0 Å². The van der Waals surface area contributed by atoms with Crippen molar-refractivity contribution in [3.63, 3.8) is 0 Å². The first-order valence-corrected chi connectivity index (χ1v) is 3.17. The smallest absolute Gasteiger partial charge is 0.210 e. The van der Waals surface area contributed by atoms with Gasteiger partial charge in [-0.15, -0.1) is 4.91 Å². The van der Waals surface area contributed by atoms with Crippen molar-refractivity contribution in [3.8, 4) is 0 Å². The van der Waals surface area contributed by atoms with Gasteiger partial charge in [-0.3, -0.25) is 0 Å². The summed E-state index contributed by atoms with van der Waals surface area (Å²) in [6.07, 6.45) is -1.82. The van der Waals surface area contributed by atoms with Crippen LogP contribution in [0.1, 0.15) is 12.8 Å². The maximum absolute atomic E-state index is 9.93. The highest BCUT2D eigenvalue weighted by molar-refractivity contribution is 4.75. The molecular formula is C5H12N2O4. The Hall–Kier alpha value is -0.560. The van der Waals surface area contributed by atoms with Gasteiger partial charge in [0, 0.05) is 19.4 Å². The van der Waals surface area contributed by atoms with Crippen LogP contribution in [-0.2, 0) is 0 Å². The summed E-state index contributed by atoms with van der Waals surface area (Å²) in [6.45, 7) is -0.316. The molecule has 0 rings (SSSR count). The number of nitrogens with zero attached hydrogens (tertiary/aromatic N) is 1. The lowest BCUT2D eigenvalue weighted by Gasteiger charge is -2.17. The zero-order chi connectivity index (χ0) is 8.91. The Morgan fingerprint density at radius 3 is 2.36 bits per heavy atom. The summed E-state index contributed by atoms with van der Waals surface area (Å²) in [5.74, 6) is 0. The summed E-state index contributed by atoms with van der Waals surface area (Å²) < 4.78 is 0. The van der Waals surface area contributed by atoms with Crippen LogP contribution in [0.3, 0.4) is 0 Å². The Kier molecular flexibility index (Phi) is 4.12. The second-order valence-corrected chi connectivity index (χ2v) is 2.30. The highest BCUT2D eigenvalue weighted by Crippen LogP contribution is 2.13. The largest absolute Gasteiger partial charge is 0.368 e. The van der Waals surface area contributed by atoms with Gasteiger partial charge in [0.05, 0.1) is 0 Å². The summed E-state index contributed by atoms with van der Waals surface area (Å²) in [7, 11) is 0. The van der Waals surface area contributed by atoms with E-state index in [2.05, 4.69) is 5.18 Å². The zero-order valence-corrected chi connectivity index (χ0v) is 5.97. The first-order chi connectivity index (χ1) is 5.04. The van der Waals surface area contributed by atoms with E-state index in [1.807, 2.05) is 0 Å². The van der Waals surface area contributed by atoms with Crippen LogP contribution in [0.15, 0.2) is 5.18 Å². The summed E-state index contributed by atoms with van der Waals surface area (Å²) >= 11 is 0. The van der Waals surface area contributed by atoms with Crippen LogP contribution in [0.2, 0.25) is 0 Å². The van der Waals surface area contributed by atoms with Crippen LogP contribution in [0.25, 0.3) is 0 Å². The van der Waals surface area contributed by atoms with Crippen LogP contribution in [0.5, 0.6) is 0 Å². The minimum atomic E-state index is -1.86. The average Bonchev–Trinajstić information content (AvgIpc) is 2.00. The van der Waals surface area contributed by atoms with Crippen LogP contribution < -0.4 is 5.73 Å². The molecule has 0 aromatic carbocycles. The number of aliphatic hydroxyl groups is 3. The maximum Gasteiger partial charge on any atom is 0.210 e. The predicted octanol–water partition coefficient (Wildman–Crippen LogP) is -1.51. The quantitative estimate of drug-likeness (QED) is 0.291. The van der Waals surface area contributed by atoms with E-state index < -0.39 is 12.0 Å². The van der Waals surface area contributed by atoms with E-state index >= 15 is 0 Å². The van der Waals surface area contributed by atoms with E-state index in [1.54, 1.807) is 0 Å². The molecule has 0 aromatic heterocycles. The molecule has 6 heteroatoms. The Morgan fingerprint density at radius 2 is 2.09 bits per heavy atom. The number of aliphatic hydroxyl groups excluding tert-OH is 1. The SMILES string of the molecule is NCC(O)(CCC(O)O)N=O. The first kappa shape index (κ1) is 10.4. The van der Waals surface area contributed by atoms with Gasteiger partial charge < -0.3 is 21.1 Å². The highest BCUT2D eigenvalue weighted by Gasteiger charge is 2.26. The maximum atomic E-state index is 9.93. The minimum absolute atomic E-state index is 0.126. The molecule has 0 aliphatic rings. The van der Waals surface area contributed by atoms with Crippen molar-refractivity contribution < 1.29 is 15.3 Å². The summed E-state index contributed by atoms with van der Waals surface area (Å²) in [5.41, 5.74) is 3.14. The summed E-state index contributed by atoms with van der Waals surface area (Å²) in [6, 6.07) is 0. The van der Waals surface area contributed by atoms with Crippen molar-refractivity contribution in [2.24, 2.45) is 10.9 Å². The van der Waals surface area contributed by atoms with Gasteiger partial charge in [0.2, 0.25) is 5.72 Å². The third-order valence-corrected chi connectivity index (χ3v) is 1.30. The molecule has 0 aliphatic heterocycles. The van der Waals surface area contributed by atoms with E-state index in [1.165, 1.54) is 0 Å². The van der Waals surface area contributed by atoms with Crippen molar-refractivity contribution in [1.29, 1.82) is 0 Å². The number of nitrogens with two attached hydrogens (primary N) is 1. The topological polar surface area (TPSA) is 116 Å². The van der Waals surface area contributed by atoms with Gasteiger partial charge in [-0.2, -0.15) is 0 Å². The van der Waals surface area contributed by atoms with Crippen LogP contribution in [0.4, 0.5) is 0 Å². The van der Waals surface area contributed by atoms with Gasteiger partial charge in [-0.05, 0) is 5.18 Å². The molecule has 0 saturated carbocycles. The molecule has 0 heterocycles. The molecule has 1 atom stereocenters. The number of hydrogen-bond acceptors (Lipinski definition) is 6. The van der Waals surface area contributed by atoms with Crippen molar-refractivity contribution in [2.75, 3.05) is 6.54 Å². The lowest BCUT2D eigenvalue weighted by atomic mass is 10.1. The van der Waals surface area contributed by atoms with Crippen LogP contribution in [0, 0.1) is 4.91 Å². The second-order valence-electron chi connectivity index (χ2n) is 2.30. The molecule has 6 nitrogen and oxygen atoms in total. The molecule has 0 spiro atoms. The molecule has 1 unspecified atom stereocenters. The molecule has 0 saturated heterocycles.